The Kier molecular flexibility index (Phi) is 3.14. The number of hydrogen-bond acceptors (Lipinski definition) is 3. The van der Waals surface area contributed by atoms with Crippen LogP contribution in [-0.2, 0) is 0 Å². The number of hydrogen-bond donors (Lipinski definition) is 1. The lowest BCUT2D eigenvalue weighted by Crippen LogP contribution is -1.93. The Hall–Kier alpha value is -1.18. The molecule has 0 aromatic carbocycles. The van der Waals surface area contributed by atoms with E-state index in [1.807, 2.05) is 0 Å². The third-order valence-electron chi connectivity index (χ3n) is 1.78. The second kappa shape index (κ2) is 4.56. The summed E-state index contributed by atoms with van der Waals surface area (Å²) in [5, 5.41) is 4.54. The third kappa shape index (κ3) is 2.25. The smallest absolute Gasteiger partial charge is 0.155 e. The highest BCUT2D eigenvalue weighted by Gasteiger charge is 2.01. The summed E-state index contributed by atoms with van der Waals surface area (Å²) in [6.07, 6.45) is 2.43. The standard InChI is InChI=1S/C10H8ClN3S/c11-9-4-5-10-12-7-8(14(10)13-9)3-1-2-6-15/h4-5,7,15H,2,6H2. The quantitative estimate of drug-likeness (QED) is 0.608. The van der Waals surface area contributed by atoms with Crippen molar-refractivity contribution in [3.8, 4) is 11.8 Å². The van der Waals surface area contributed by atoms with Crippen molar-refractivity contribution >= 4 is 29.9 Å². The first-order valence-corrected chi connectivity index (χ1v) is 5.42. The molecule has 0 N–H and O–H groups in total. The number of thiol groups is 1. The summed E-state index contributed by atoms with van der Waals surface area (Å²) in [4.78, 5) is 4.16. The Bertz CT molecular complexity index is 538. The molecule has 0 aliphatic carbocycles. The largest absolute Gasteiger partial charge is 0.234 e. The van der Waals surface area contributed by atoms with Gasteiger partial charge >= 0.3 is 0 Å². The van der Waals surface area contributed by atoms with E-state index >= 15 is 0 Å². The van der Waals surface area contributed by atoms with Gasteiger partial charge < -0.3 is 0 Å². The monoisotopic (exact) mass is 237 g/mol. The molecule has 0 atom stereocenters. The fourth-order valence-electron chi connectivity index (χ4n) is 1.15. The topological polar surface area (TPSA) is 30.2 Å². The highest BCUT2D eigenvalue weighted by molar-refractivity contribution is 7.80. The maximum Gasteiger partial charge on any atom is 0.155 e. The van der Waals surface area contributed by atoms with Crippen molar-refractivity contribution in [3.05, 3.63) is 29.2 Å². The lowest BCUT2D eigenvalue weighted by molar-refractivity contribution is 0.923. The average Bonchev–Trinajstić information content (AvgIpc) is 2.62. The van der Waals surface area contributed by atoms with Crippen LogP contribution in [0.2, 0.25) is 5.15 Å². The van der Waals surface area contributed by atoms with Crippen molar-refractivity contribution < 1.29 is 0 Å². The zero-order chi connectivity index (χ0) is 10.7. The van der Waals surface area contributed by atoms with Gasteiger partial charge in [-0.3, -0.25) is 0 Å². The minimum atomic E-state index is 0.428. The van der Waals surface area contributed by atoms with Crippen LogP contribution in [0.25, 0.3) is 5.65 Å². The van der Waals surface area contributed by atoms with E-state index in [0.29, 0.717) is 5.15 Å². The molecule has 0 aliphatic heterocycles. The molecule has 2 aromatic heterocycles. The number of rotatable bonds is 1. The van der Waals surface area contributed by atoms with E-state index in [4.69, 9.17) is 11.6 Å². The second-order valence-electron chi connectivity index (χ2n) is 2.84. The van der Waals surface area contributed by atoms with E-state index in [9.17, 15) is 0 Å². The Morgan fingerprint density at radius 2 is 2.33 bits per heavy atom. The maximum absolute atomic E-state index is 5.79. The predicted octanol–water partition coefficient (Wildman–Crippen LogP) is 2.05. The van der Waals surface area contributed by atoms with Gasteiger partial charge in [0, 0.05) is 12.2 Å². The van der Waals surface area contributed by atoms with Crippen LogP contribution in [0.3, 0.4) is 0 Å². The Labute approximate surface area is 97.9 Å². The summed E-state index contributed by atoms with van der Waals surface area (Å²) >= 11 is 9.87. The molecule has 0 fully saturated rings. The zero-order valence-corrected chi connectivity index (χ0v) is 9.46. The second-order valence-corrected chi connectivity index (χ2v) is 3.68. The molecule has 15 heavy (non-hydrogen) atoms. The van der Waals surface area contributed by atoms with Crippen LogP contribution in [0.4, 0.5) is 0 Å². The molecule has 2 rings (SSSR count). The molecule has 0 aliphatic rings. The van der Waals surface area contributed by atoms with Crippen LogP contribution in [-0.4, -0.2) is 20.4 Å². The molecule has 2 aromatic rings. The highest BCUT2D eigenvalue weighted by atomic mass is 35.5. The van der Waals surface area contributed by atoms with E-state index in [2.05, 4.69) is 34.6 Å². The lowest BCUT2D eigenvalue weighted by atomic mass is 10.4. The van der Waals surface area contributed by atoms with E-state index in [1.165, 1.54) is 0 Å². The van der Waals surface area contributed by atoms with Crippen LogP contribution in [0.1, 0.15) is 12.1 Å². The van der Waals surface area contributed by atoms with Crippen LogP contribution >= 0.6 is 24.2 Å². The van der Waals surface area contributed by atoms with Gasteiger partial charge in [0.25, 0.3) is 0 Å². The molecule has 5 heteroatoms. The van der Waals surface area contributed by atoms with Gasteiger partial charge in [0.05, 0.1) is 6.20 Å². The fraction of sp³-hybridized carbons (Fsp3) is 0.200. The van der Waals surface area contributed by atoms with E-state index in [0.717, 1.165) is 23.5 Å². The predicted molar refractivity (Wildman–Crippen MR) is 63.3 cm³/mol. The van der Waals surface area contributed by atoms with E-state index < -0.39 is 0 Å². The van der Waals surface area contributed by atoms with Gasteiger partial charge in [-0.05, 0) is 18.1 Å². The zero-order valence-electron chi connectivity index (χ0n) is 7.81. The Balaban J connectivity index is 2.45. The number of halogens is 1. The van der Waals surface area contributed by atoms with Crippen molar-refractivity contribution in [1.29, 1.82) is 0 Å². The van der Waals surface area contributed by atoms with Gasteiger partial charge in [0.2, 0.25) is 0 Å². The molecule has 3 nitrogen and oxygen atoms in total. The molecule has 0 spiro atoms. The maximum atomic E-state index is 5.79. The molecule has 0 saturated carbocycles. The average molecular weight is 238 g/mol. The Morgan fingerprint density at radius 3 is 3.13 bits per heavy atom. The van der Waals surface area contributed by atoms with Crippen molar-refractivity contribution in [2.75, 3.05) is 5.75 Å². The molecule has 76 valence electrons. The summed E-state index contributed by atoms with van der Waals surface area (Å²) in [5.74, 6) is 6.70. The first-order valence-electron chi connectivity index (χ1n) is 4.41. The van der Waals surface area contributed by atoms with Crippen LogP contribution < -0.4 is 0 Å². The molecule has 0 radical (unpaired) electrons. The molecular formula is C10H8ClN3S. The van der Waals surface area contributed by atoms with Gasteiger partial charge in [-0.15, -0.1) is 0 Å². The van der Waals surface area contributed by atoms with Crippen LogP contribution in [0.15, 0.2) is 18.3 Å². The van der Waals surface area contributed by atoms with Crippen molar-refractivity contribution in [2.45, 2.75) is 6.42 Å². The number of nitrogens with zero attached hydrogens (tertiary/aromatic N) is 3. The van der Waals surface area contributed by atoms with Gasteiger partial charge in [0.15, 0.2) is 5.65 Å². The summed E-state index contributed by atoms with van der Waals surface area (Å²) in [5.41, 5.74) is 1.49. The van der Waals surface area contributed by atoms with Crippen molar-refractivity contribution in [2.24, 2.45) is 0 Å². The Morgan fingerprint density at radius 1 is 1.47 bits per heavy atom. The van der Waals surface area contributed by atoms with Gasteiger partial charge in [-0.2, -0.15) is 17.7 Å². The summed E-state index contributed by atoms with van der Waals surface area (Å²) < 4.78 is 1.63. The first-order chi connectivity index (χ1) is 7.31. The number of aromatic nitrogens is 3. The minimum absolute atomic E-state index is 0.428. The lowest BCUT2D eigenvalue weighted by Gasteiger charge is -1.93. The number of imidazole rings is 1. The van der Waals surface area contributed by atoms with Gasteiger partial charge in [0.1, 0.15) is 10.8 Å². The first kappa shape index (κ1) is 10.3. The summed E-state index contributed by atoms with van der Waals surface area (Å²) in [6, 6.07) is 3.51. The SMILES string of the molecule is SCCC#Cc1cnc2ccc(Cl)nn12. The van der Waals surface area contributed by atoms with Crippen molar-refractivity contribution in [1.82, 2.24) is 14.6 Å². The fourth-order valence-corrected chi connectivity index (χ4v) is 1.40. The van der Waals surface area contributed by atoms with Crippen LogP contribution in [0.5, 0.6) is 0 Å². The van der Waals surface area contributed by atoms with Gasteiger partial charge in [-0.1, -0.05) is 17.5 Å². The molecule has 0 saturated heterocycles. The molecule has 0 bridgehead atoms. The van der Waals surface area contributed by atoms with E-state index in [1.54, 1.807) is 22.8 Å². The molecular weight excluding hydrogens is 230 g/mol. The molecule has 0 unspecified atom stereocenters. The van der Waals surface area contributed by atoms with Crippen molar-refractivity contribution in [3.63, 3.8) is 0 Å². The number of fused-ring (bicyclic) bond motifs is 1. The highest BCUT2D eigenvalue weighted by Crippen LogP contribution is 2.08. The summed E-state index contributed by atoms with van der Waals surface area (Å²) in [6.45, 7) is 0. The third-order valence-corrected chi connectivity index (χ3v) is 2.21. The van der Waals surface area contributed by atoms with Gasteiger partial charge in [-0.25, -0.2) is 9.50 Å². The molecule has 2 heterocycles. The normalized spacial score (nSPS) is 10.0. The molecule has 0 amide bonds. The van der Waals surface area contributed by atoms with Crippen LogP contribution in [0, 0.1) is 11.8 Å². The summed E-state index contributed by atoms with van der Waals surface area (Å²) in [7, 11) is 0. The van der Waals surface area contributed by atoms with E-state index in [-0.39, 0.29) is 0 Å². The minimum Gasteiger partial charge on any atom is -0.234 e.